The lowest BCUT2D eigenvalue weighted by atomic mass is 10.3. The van der Waals surface area contributed by atoms with Crippen LogP contribution >= 0.6 is 35.3 Å². The van der Waals surface area contributed by atoms with Gasteiger partial charge in [-0.25, -0.2) is 4.98 Å². The van der Waals surface area contributed by atoms with Crippen LogP contribution in [0.5, 0.6) is 0 Å². The molecule has 0 aliphatic carbocycles. The summed E-state index contributed by atoms with van der Waals surface area (Å²) in [6.45, 7) is 14.5. The summed E-state index contributed by atoms with van der Waals surface area (Å²) in [4.78, 5) is 14.1. The molecular formula is C19H38IN5OS. The van der Waals surface area contributed by atoms with Gasteiger partial charge < -0.3 is 19.9 Å². The van der Waals surface area contributed by atoms with Crippen LogP contribution < -0.4 is 5.32 Å². The van der Waals surface area contributed by atoms with Crippen LogP contribution in [0, 0.1) is 0 Å². The summed E-state index contributed by atoms with van der Waals surface area (Å²) in [5.41, 5.74) is 1.06. The first kappa shape index (κ1) is 26.6. The van der Waals surface area contributed by atoms with Gasteiger partial charge in [0.25, 0.3) is 0 Å². The van der Waals surface area contributed by atoms with Crippen LogP contribution in [0.3, 0.4) is 0 Å². The molecule has 6 nitrogen and oxygen atoms in total. The molecule has 1 aromatic heterocycles. The van der Waals surface area contributed by atoms with E-state index >= 15 is 0 Å². The number of hydrogen-bond donors (Lipinski definition) is 1. The van der Waals surface area contributed by atoms with Gasteiger partial charge in [0.15, 0.2) is 5.96 Å². The molecule has 0 aliphatic rings. The van der Waals surface area contributed by atoms with Gasteiger partial charge >= 0.3 is 0 Å². The first-order valence-corrected chi connectivity index (χ1v) is 10.6. The van der Waals surface area contributed by atoms with Crippen molar-refractivity contribution in [2.24, 2.45) is 4.99 Å². The van der Waals surface area contributed by atoms with Crippen LogP contribution in [0.15, 0.2) is 10.4 Å². The van der Waals surface area contributed by atoms with Gasteiger partial charge in [0.05, 0.1) is 12.2 Å². The normalized spacial score (nSPS) is 12.8. The van der Waals surface area contributed by atoms with Crippen LogP contribution in [0.1, 0.15) is 57.3 Å². The van der Waals surface area contributed by atoms with Crippen molar-refractivity contribution in [1.82, 2.24) is 20.1 Å². The van der Waals surface area contributed by atoms with E-state index in [2.05, 4.69) is 53.3 Å². The fourth-order valence-electron chi connectivity index (χ4n) is 2.64. The topological polar surface area (TPSA) is 53.0 Å². The molecule has 0 fully saturated rings. The van der Waals surface area contributed by atoms with E-state index < -0.39 is 0 Å². The molecule has 27 heavy (non-hydrogen) atoms. The number of aliphatic imine (C=N–C) groups is 1. The van der Waals surface area contributed by atoms with Crippen LogP contribution in [-0.4, -0.2) is 67.6 Å². The molecule has 1 atom stereocenters. The zero-order valence-electron chi connectivity index (χ0n) is 17.8. The smallest absolute Gasteiger partial charge is 0.194 e. The minimum absolute atomic E-state index is 0. The molecule has 0 saturated carbocycles. The number of rotatable bonds is 12. The molecule has 0 aliphatic heterocycles. The number of halogens is 1. The Morgan fingerprint density at radius 1 is 1.30 bits per heavy atom. The van der Waals surface area contributed by atoms with Crippen LogP contribution in [0.4, 0.5) is 0 Å². The van der Waals surface area contributed by atoms with E-state index in [-0.39, 0.29) is 30.1 Å². The lowest BCUT2D eigenvalue weighted by molar-refractivity contribution is 0.119. The van der Waals surface area contributed by atoms with Gasteiger partial charge in [-0.2, -0.15) is 0 Å². The third-order valence-electron chi connectivity index (χ3n) is 4.40. The maximum Gasteiger partial charge on any atom is 0.194 e. The van der Waals surface area contributed by atoms with E-state index in [0.717, 1.165) is 62.4 Å². The van der Waals surface area contributed by atoms with Crippen LogP contribution in [0.2, 0.25) is 0 Å². The third kappa shape index (κ3) is 10.0. The summed E-state index contributed by atoms with van der Waals surface area (Å²) >= 11 is 1.65. The number of hydrogen-bond acceptors (Lipinski definition) is 5. The van der Waals surface area contributed by atoms with Crippen molar-refractivity contribution < 1.29 is 4.74 Å². The minimum Gasteiger partial charge on any atom is -0.375 e. The molecule has 158 valence electrons. The van der Waals surface area contributed by atoms with E-state index in [9.17, 15) is 0 Å². The maximum atomic E-state index is 5.34. The monoisotopic (exact) mass is 511 g/mol. The highest BCUT2D eigenvalue weighted by molar-refractivity contribution is 14.0. The maximum absolute atomic E-state index is 5.34. The molecule has 0 saturated heterocycles. The minimum atomic E-state index is 0. The molecule has 0 bridgehead atoms. The lowest BCUT2D eigenvalue weighted by Crippen LogP contribution is -2.38. The predicted molar refractivity (Wildman–Crippen MR) is 127 cm³/mol. The Hall–Kier alpha value is -0.450. The molecule has 1 rings (SSSR count). The molecule has 1 heterocycles. The number of aromatic nitrogens is 1. The van der Waals surface area contributed by atoms with Gasteiger partial charge in [-0.3, -0.25) is 4.99 Å². The number of ether oxygens (including phenoxy) is 1. The van der Waals surface area contributed by atoms with Crippen molar-refractivity contribution in [3.8, 4) is 0 Å². The van der Waals surface area contributed by atoms with Crippen LogP contribution in [0.25, 0.3) is 0 Å². The number of methoxy groups -OCH3 is 1. The summed E-state index contributed by atoms with van der Waals surface area (Å²) < 4.78 is 5.34. The molecule has 0 radical (unpaired) electrons. The summed E-state index contributed by atoms with van der Waals surface area (Å²) in [5, 5.41) is 6.51. The molecule has 1 N–H and O–H groups in total. The Morgan fingerprint density at radius 3 is 2.59 bits per heavy atom. The summed E-state index contributed by atoms with van der Waals surface area (Å²) in [5.74, 6) is 0.949. The average Bonchev–Trinajstić information content (AvgIpc) is 3.11. The van der Waals surface area contributed by atoms with Crippen molar-refractivity contribution >= 4 is 41.3 Å². The largest absolute Gasteiger partial charge is 0.375 e. The van der Waals surface area contributed by atoms with Crippen molar-refractivity contribution in [3.05, 3.63) is 16.1 Å². The zero-order valence-corrected chi connectivity index (χ0v) is 21.0. The number of thiazole rings is 1. The fourth-order valence-corrected chi connectivity index (χ4v) is 3.48. The Morgan fingerprint density at radius 2 is 2.00 bits per heavy atom. The molecule has 8 heteroatoms. The van der Waals surface area contributed by atoms with E-state index in [0.29, 0.717) is 0 Å². The molecule has 0 amide bonds. The highest BCUT2D eigenvalue weighted by Gasteiger charge is 2.12. The highest BCUT2D eigenvalue weighted by atomic mass is 127. The third-order valence-corrected chi connectivity index (χ3v) is 5.46. The molecular weight excluding hydrogens is 473 g/mol. The molecule has 1 unspecified atom stereocenters. The molecule has 1 aromatic rings. The highest BCUT2D eigenvalue weighted by Crippen LogP contribution is 2.20. The lowest BCUT2D eigenvalue weighted by Gasteiger charge is -2.21. The van der Waals surface area contributed by atoms with Crippen molar-refractivity contribution in [2.45, 2.75) is 53.2 Å². The second-order valence-electron chi connectivity index (χ2n) is 6.38. The fraction of sp³-hybridized carbons (Fsp3) is 0.789. The van der Waals surface area contributed by atoms with E-state index in [1.807, 2.05) is 6.92 Å². The molecule has 0 spiro atoms. The summed E-state index contributed by atoms with van der Waals surface area (Å²) in [6, 6.07) is 0. The van der Waals surface area contributed by atoms with Gasteiger partial charge in [0, 0.05) is 32.6 Å². The van der Waals surface area contributed by atoms with Gasteiger partial charge in [-0.05, 0) is 46.3 Å². The van der Waals surface area contributed by atoms with E-state index in [1.54, 1.807) is 18.4 Å². The van der Waals surface area contributed by atoms with Crippen molar-refractivity contribution in [3.63, 3.8) is 0 Å². The second-order valence-corrected chi connectivity index (χ2v) is 7.27. The van der Waals surface area contributed by atoms with Gasteiger partial charge in [-0.1, -0.05) is 13.8 Å². The Kier molecular flexibility index (Phi) is 15.2. The zero-order chi connectivity index (χ0) is 19.4. The SMILES string of the molecule is CCNC(=NCCCCN(CC)CC)N(C)Cc1csc(C(C)OC)n1.I. The number of guanidine groups is 1. The van der Waals surface area contributed by atoms with Crippen LogP contribution in [-0.2, 0) is 11.3 Å². The second kappa shape index (κ2) is 15.5. The number of nitrogens with one attached hydrogen (secondary N) is 1. The van der Waals surface area contributed by atoms with Crippen molar-refractivity contribution in [1.29, 1.82) is 0 Å². The summed E-state index contributed by atoms with van der Waals surface area (Å²) in [6.07, 6.45) is 2.36. The standard InChI is InChI=1S/C19H37N5OS.HI/c1-7-20-19(21-12-10-11-13-24(8-2)9-3)23(5)14-17-15-26-18(22-17)16(4)25-6;/h15-16H,7-14H2,1-6H3,(H,20,21);1H. The quantitative estimate of drug-likeness (QED) is 0.199. The molecule has 0 aromatic carbocycles. The first-order chi connectivity index (χ1) is 12.5. The van der Waals surface area contributed by atoms with E-state index in [4.69, 9.17) is 9.73 Å². The number of unbranched alkanes of at least 4 members (excludes halogenated alkanes) is 1. The van der Waals surface area contributed by atoms with Gasteiger partial charge in [-0.15, -0.1) is 35.3 Å². The predicted octanol–water partition coefficient (Wildman–Crippen LogP) is 3.99. The van der Waals surface area contributed by atoms with Crippen molar-refractivity contribution in [2.75, 3.05) is 46.9 Å². The average molecular weight is 512 g/mol. The first-order valence-electron chi connectivity index (χ1n) is 9.74. The Bertz CT molecular complexity index is 522. The van der Waals surface area contributed by atoms with Gasteiger partial charge in [0.2, 0.25) is 0 Å². The number of nitrogens with zero attached hydrogens (tertiary/aromatic N) is 4. The Labute approximate surface area is 186 Å². The Balaban J connectivity index is 0.00000676. The summed E-state index contributed by atoms with van der Waals surface area (Å²) in [7, 11) is 3.78. The van der Waals surface area contributed by atoms with Gasteiger partial charge in [0.1, 0.15) is 11.1 Å². The van der Waals surface area contributed by atoms with E-state index in [1.165, 1.54) is 6.42 Å².